The molecule has 0 radical (unpaired) electrons. The summed E-state index contributed by atoms with van der Waals surface area (Å²) < 4.78 is 50.6. The van der Waals surface area contributed by atoms with Gasteiger partial charge in [-0.1, -0.05) is 24.3 Å². The monoisotopic (exact) mass is 528 g/mol. The summed E-state index contributed by atoms with van der Waals surface area (Å²) in [4.78, 5) is 23.8. The lowest BCUT2D eigenvalue weighted by Crippen LogP contribution is -2.40. The van der Waals surface area contributed by atoms with E-state index in [1.165, 1.54) is 19.1 Å². The van der Waals surface area contributed by atoms with Crippen molar-refractivity contribution in [2.75, 3.05) is 19.0 Å². The highest BCUT2D eigenvalue weighted by atomic mass is 32.2. The number of anilines is 1. The molecule has 1 amide bonds. The van der Waals surface area contributed by atoms with E-state index in [-0.39, 0.29) is 0 Å². The minimum atomic E-state index is -4.31. The third-order valence-electron chi connectivity index (χ3n) is 4.99. The molecule has 0 aliphatic heterocycles. The topological polar surface area (TPSA) is 136 Å². The Labute approximate surface area is 213 Å². The number of carbonyl (C=O) groups excluding carboxylic acids is 2. The molecule has 37 heavy (non-hydrogen) atoms. The number of nitrogens with zero attached hydrogens (tertiary/aromatic N) is 2. The number of hydrogen-bond acceptors (Lipinski definition) is 8. The van der Waals surface area contributed by atoms with Crippen LogP contribution in [0.2, 0.25) is 0 Å². The molecule has 0 bridgehead atoms. The van der Waals surface area contributed by atoms with Gasteiger partial charge in [0.15, 0.2) is 6.61 Å². The molecule has 0 aliphatic rings. The van der Waals surface area contributed by atoms with Crippen molar-refractivity contribution < 1.29 is 31.9 Å². The van der Waals surface area contributed by atoms with Crippen molar-refractivity contribution in [2.24, 2.45) is 10.2 Å². The van der Waals surface area contributed by atoms with E-state index in [4.69, 9.17) is 9.47 Å². The van der Waals surface area contributed by atoms with Gasteiger partial charge in [0.2, 0.25) is 10.0 Å². The number of aryl methyl sites for hydroxylation is 1. The summed E-state index contributed by atoms with van der Waals surface area (Å²) in [7, 11) is -2.77. The van der Waals surface area contributed by atoms with Crippen molar-refractivity contribution >= 4 is 39.0 Å². The molecule has 3 aromatic rings. The fourth-order valence-electron chi connectivity index (χ4n) is 3.13. The number of amides is 1. The maximum Gasteiger partial charge on any atom is 0.324 e. The lowest BCUT2D eigenvalue weighted by molar-refractivity contribution is -0.148. The van der Waals surface area contributed by atoms with Crippen LogP contribution < -0.4 is 14.8 Å². The maximum absolute atomic E-state index is 13.8. The Kier molecular flexibility index (Phi) is 9.04. The number of methoxy groups -OCH3 is 1. The second-order valence-corrected chi connectivity index (χ2v) is 9.48. The van der Waals surface area contributed by atoms with Gasteiger partial charge in [0.05, 0.1) is 12.8 Å². The van der Waals surface area contributed by atoms with E-state index in [0.717, 1.165) is 17.7 Å². The van der Waals surface area contributed by atoms with E-state index in [0.29, 0.717) is 22.8 Å². The van der Waals surface area contributed by atoms with Crippen LogP contribution in [0.5, 0.6) is 5.75 Å². The number of sulfonamides is 1. The number of nitrogens with one attached hydrogen (secondary N) is 2. The van der Waals surface area contributed by atoms with Gasteiger partial charge in [0.25, 0.3) is 5.91 Å². The van der Waals surface area contributed by atoms with E-state index in [9.17, 15) is 22.4 Å². The van der Waals surface area contributed by atoms with Crippen LogP contribution in [0.3, 0.4) is 0 Å². The number of hydrogen-bond donors (Lipinski definition) is 2. The molecule has 12 heteroatoms. The van der Waals surface area contributed by atoms with Gasteiger partial charge in [-0.05, 0) is 61.9 Å². The SMILES string of the molecule is COc1ccccc1N=Nc1ccc(NC(=O)COC(=O)[C@@H](C)NS(=O)(=O)c2ccccc2F)cc1C. The molecule has 0 spiro atoms. The van der Waals surface area contributed by atoms with Crippen LogP contribution >= 0.6 is 0 Å². The van der Waals surface area contributed by atoms with Gasteiger partial charge in [0.1, 0.15) is 28.2 Å². The molecule has 0 aliphatic carbocycles. The lowest BCUT2D eigenvalue weighted by Gasteiger charge is -2.14. The number of benzene rings is 3. The summed E-state index contributed by atoms with van der Waals surface area (Å²) in [6.45, 7) is 2.36. The van der Waals surface area contributed by atoms with Gasteiger partial charge in [-0.3, -0.25) is 9.59 Å². The normalized spacial score (nSPS) is 12.2. The zero-order chi connectivity index (χ0) is 27.0. The van der Waals surface area contributed by atoms with Crippen LogP contribution in [0.1, 0.15) is 12.5 Å². The maximum atomic E-state index is 13.8. The summed E-state index contributed by atoms with van der Waals surface area (Å²) in [5.41, 5.74) is 2.30. The molecule has 3 rings (SSSR count). The lowest BCUT2D eigenvalue weighted by atomic mass is 10.2. The summed E-state index contributed by atoms with van der Waals surface area (Å²) >= 11 is 0. The van der Waals surface area contributed by atoms with Crippen molar-refractivity contribution in [3.8, 4) is 5.75 Å². The second kappa shape index (κ2) is 12.2. The van der Waals surface area contributed by atoms with Gasteiger partial charge < -0.3 is 14.8 Å². The zero-order valence-corrected chi connectivity index (χ0v) is 21.1. The molecule has 3 aromatic carbocycles. The smallest absolute Gasteiger partial charge is 0.324 e. The highest BCUT2D eigenvalue weighted by molar-refractivity contribution is 7.89. The van der Waals surface area contributed by atoms with E-state index in [1.54, 1.807) is 44.4 Å². The number of carbonyl (C=O) groups is 2. The summed E-state index contributed by atoms with van der Waals surface area (Å²) in [6.07, 6.45) is 0. The van der Waals surface area contributed by atoms with Crippen LogP contribution in [0, 0.1) is 12.7 Å². The molecule has 10 nitrogen and oxygen atoms in total. The van der Waals surface area contributed by atoms with E-state index >= 15 is 0 Å². The Morgan fingerprint density at radius 2 is 1.68 bits per heavy atom. The largest absolute Gasteiger partial charge is 0.494 e. The van der Waals surface area contributed by atoms with Gasteiger partial charge in [0, 0.05) is 5.69 Å². The van der Waals surface area contributed by atoms with Crippen LogP contribution in [0.25, 0.3) is 0 Å². The van der Waals surface area contributed by atoms with E-state index < -0.39 is 45.3 Å². The molecular formula is C25H25FN4O6S. The zero-order valence-electron chi connectivity index (χ0n) is 20.3. The van der Waals surface area contributed by atoms with Gasteiger partial charge in [-0.15, -0.1) is 5.11 Å². The first kappa shape index (κ1) is 27.4. The van der Waals surface area contributed by atoms with Gasteiger partial charge >= 0.3 is 5.97 Å². The number of halogens is 1. The molecule has 1 atom stereocenters. The number of esters is 1. The third-order valence-corrected chi connectivity index (χ3v) is 6.56. The minimum Gasteiger partial charge on any atom is -0.494 e. The quantitative estimate of drug-likeness (QED) is 0.296. The Balaban J connectivity index is 1.54. The second-order valence-electron chi connectivity index (χ2n) is 7.80. The van der Waals surface area contributed by atoms with Crippen molar-refractivity contribution in [3.05, 3.63) is 78.1 Å². The standard InChI is InChI=1S/C25H25FN4O6S/c1-16-14-18(12-13-20(16)28-29-21-9-5-6-10-22(21)35-3)27-24(31)15-36-25(32)17(2)30-37(33,34)23-11-7-4-8-19(23)26/h4-14,17,30H,15H2,1-3H3,(H,27,31)/t17-/m1/s1. The predicted molar refractivity (Wildman–Crippen MR) is 134 cm³/mol. The molecule has 0 unspecified atom stereocenters. The average molecular weight is 529 g/mol. The Bertz CT molecular complexity index is 1430. The Morgan fingerprint density at radius 1 is 1.00 bits per heavy atom. The van der Waals surface area contributed by atoms with Crippen LogP contribution in [-0.4, -0.2) is 40.1 Å². The first-order valence-electron chi connectivity index (χ1n) is 11.0. The minimum absolute atomic E-state index is 0.433. The highest BCUT2D eigenvalue weighted by Gasteiger charge is 2.25. The Morgan fingerprint density at radius 3 is 2.38 bits per heavy atom. The van der Waals surface area contributed by atoms with E-state index in [2.05, 4.69) is 15.5 Å². The highest BCUT2D eigenvalue weighted by Crippen LogP contribution is 2.30. The summed E-state index contributed by atoms with van der Waals surface area (Å²) in [5, 5.41) is 11.0. The Hall–Kier alpha value is -4.16. The molecule has 2 N–H and O–H groups in total. The molecule has 0 heterocycles. The molecule has 194 valence electrons. The van der Waals surface area contributed by atoms with Crippen molar-refractivity contribution in [1.29, 1.82) is 0 Å². The molecule has 0 saturated heterocycles. The number of azo groups is 1. The van der Waals surface area contributed by atoms with Crippen molar-refractivity contribution in [3.63, 3.8) is 0 Å². The van der Waals surface area contributed by atoms with Crippen LogP contribution in [-0.2, 0) is 24.3 Å². The first-order chi connectivity index (χ1) is 17.6. The fraction of sp³-hybridized carbons (Fsp3) is 0.200. The van der Waals surface area contributed by atoms with Crippen molar-refractivity contribution in [1.82, 2.24) is 4.72 Å². The number of ether oxygens (including phenoxy) is 2. The van der Waals surface area contributed by atoms with Gasteiger partial charge in [-0.25, -0.2) is 12.8 Å². The van der Waals surface area contributed by atoms with Crippen molar-refractivity contribution in [2.45, 2.75) is 24.8 Å². The predicted octanol–water partition coefficient (Wildman–Crippen LogP) is 4.41. The van der Waals surface area contributed by atoms with Gasteiger partial charge in [-0.2, -0.15) is 9.84 Å². The average Bonchev–Trinajstić information content (AvgIpc) is 2.86. The number of rotatable bonds is 10. The number of para-hydroxylation sites is 1. The van der Waals surface area contributed by atoms with Crippen LogP contribution in [0.15, 0.2) is 81.9 Å². The molecular weight excluding hydrogens is 503 g/mol. The molecule has 0 fully saturated rings. The summed E-state index contributed by atoms with van der Waals surface area (Å²) in [5.74, 6) is -2.02. The molecule has 0 saturated carbocycles. The fourth-order valence-corrected chi connectivity index (χ4v) is 4.40. The third kappa shape index (κ3) is 7.41. The summed E-state index contributed by atoms with van der Waals surface area (Å²) in [6, 6.07) is 15.5. The van der Waals surface area contributed by atoms with E-state index in [1.807, 2.05) is 16.9 Å². The molecule has 0 aromatic heterocycles. The first-order valence-corrected chi connectivity index (χ1v) is 12.5. The van der Waals surface area contributed by atoms with Crippen LogP contribution in [0.4, 0.5) is 21.5 Å².